The van der Waals surface area contributed by atoms with E-state index in [1.54, 1.807) is 6.07 Å². The first-order chi connectivity index (χ1) is 12.6. The fourth-order valence-electron chi connectivity index (χ4n) is 2.36. The highest BCUT2D eigenvalue weighted by atomic mass is 32.2. The van der Waals surface area contributed by atoms with Crippen LogP contribution in [0.3, 0.4) is 0 Å². The van der Waals surface area contributed by atoms with Gasteiger partial charge in [0.1, 0.15) is 12.4 Å². The summed E-state index contributed by atoms with van der Waals surface area (Å²) >= 11 is 0. The standard InChI is InChI=1S/C18H24N2O5S2/c1-15-5-4-6-16(13-15)14-26(21,22)19-11-12-25-17-7-9-18(10-8-17)27(23,24)20(2)3/h4-10,13,19H,11-12,14H2,1-3H3. The topological polar surface area (TPSA) is 92.8 Å². The van der Waals surface area contributed by atoms with Gasteiger partial charge in [0, 0.05) is 20.6 Å². The zero-order chi connectivity index (χ0) is 20.1. The molecule has 0 aliphatic carbocycles. The van der Waals surface area contributed by atoms with Gasteiger partial charge in [-0.1, -0.05) is 29.8 Å². The van der Waals surface area contributed by atoms with E-state index in [-0.39, 0.29) is 23.8 Å². The molecular formula is C18H24N2O5S2. The molecule has 1 N–H and O–H groups in total. The summed E-state index contributed by atoms with van der Waals surface area (Å²) in [4.78, 5) is 0.165. The second-order valence-corrected chi connectivity index (χ2v) is 10.2. The second kappa shape index (κ2) is 8.83. The molecule has 0 unspecified atom stereocenters. The monoisotopic (exact) mass is 412 g/mol. The fourth-order valence-corrected chi connectivity index (χ4v) is 4.37. The van der Waals surface area contributed by atoms with Gasteiger partial charge in [-0.05, 0) is 36.8 Å². The SMILES string of the molecule is Cc1cccc(CS(=O)(=O)NCCOc2ccc(S(=O)(=O)N(C)C)cc2)c1. The van der Waals surface area contributed by atoms with Crippen molar-refractivity contribution < 1.29 is 21.6 Å². The molecule has 27 heavy (non-hydrogen) atoms. The van der Waals surface area contributed by atoms with E-state index in [0.717, 1.165) is 15.4 Å². The minimum absolute atomic E-state index is 0.0915. The molecule has 0 aliphatic heterocycles. The molecular weight excluding hydrogens is 388 g/mol. The first kappa shape index (κ1) is 21.4. The smallest absolute Gasteiger partial charge is 0.242 e. The van der Waals surface area contributed by atoms with Crippen LogP contribution in [0.15, 0.2) is 53.4 Å². The molecule has 0 saturated carbocycles. The van der Waals surface area contributed by atoms with Gasteiger partial charge in [0.15, 0.2) is 0 Å². The third kappa shape index (κ3) is 6.31. The Hall–Kier alpha value is -1.94. The van der Waals surface area contributed by atoms with E-state index in [2.05, 4.69) is 4.72 Å². The third-order valence-electron chi connectivity index (χ3n) is 3.73. The molecule has 0 atom stereocenters. The van der Waals surface area contributed by atoms with E-state index < -0.39 is 20.0 Å². The Balaban J connectivity index is 1.84. The molecule has 0 fully saturated rings. The minimum Gasteiger partial charge on any atom is -0.492 e. The van der Waals surface area contributed by atoms with E-state index in [1.165, 1.54) is 38.4 Å². The van der Waals surface area contributed by atoms with Crippen LogP contribution in [0.2, 0.25) is 0 Å². The van der Waals surface area contributed by atoms with Gasteiger partial charge in [0.25, 0.3) is 0 Å². The van der Waals surface area contributed by atoms with E-state index in [0.29, 0.717) is 5.75 Å². The highest BCUT2D eigenvalue weighted by molar-refractivity contribution is 7.89. The first-order valence-electron chi connectivity index (χ1n) is 8.28. The summed E-state index contributed by atoms with van der Waals surface area (Å²) in [5.74, 6) is 0.372. The number of aryl methyl sites for hydroxylation is 1. The van der Waals surface area contributed by atoms with Crippen molar-refractivity contribution in [2.45, 2.75) is 17.6 Å². The maximum atomic E-state index is 12.1. The van der Waals surface area contributed by atoms with Gasteiger partial charge in [0.05, 0.1) is 10.6 Å². The second-order valence-electron chi connectivity index (χ2n) is 6.25. The Morgan fingerprint density at radius 1 is 1.00 bits per heavy atom. The summed E-state index contributed by atoms with van der Waals surface area (Å²) in [7, 11) is -4.02. The lowest BCUT2D eigenvalue weighted by molar-refractivity contribution is 0.322. The van der Waals surface area contributed by atoms with Crippen molar-refractivity contribution in [3.05, 3.63) is 59.7 Å². The van der Waals surface area contributed by atoms with Gasteiger partial charge in [0.2, 0.25) is 20.0 Å². The lowest BCUT2D eigenvalue weighted by Crippen LogP contribution is -2.29. The molecule has 0 spiro atoms. The molecule has 0 saturated heterocycles. The van der Waals surface area contributed by atoms with Crippen LogP contribution in [0, 0.1) is 6.92 Å². The number of hydrogen-bond acceptors (Lipinski definition) is 5. The fraction of sp³-hybridized carbons (Fsp3) is 0.333. The molecule has 9 heteroatoms. The van der Waals surface area contributed by atoms with Crippen LogP contribution >= 0.6 is 0 Å². The molecule has 0 aliphatic rings. The summed E-state index contributed by atoms with van der Waals surface area (Å²) in [5, 5.41) is 0. The van der Waals surface area contributed by atoms with Gasteiger partial charge < -0.3 is 4.74 Å². The Morgan fingerprint density at radius 3 is 2.26 bits per heavy atom. The van der Waals surface area contributed by atoms with Gasteiger partial charge in [-0.25, -0.2) is 25.9 Å². The van der Waals surface area contributed by atoms with Crippen molar-refractivity contribution >= 4 is 20.0 Å². The van der Waals surface area contributed by atoms with Crippen LogP contribution in [-0.2, 0) is 25.8 Å². The largest absolute Gasteiger partial charge is 0.492 e. The van der Waals surface area contributed by atoms with Gasteiger partial charge in [-0.15, -0.1) is 0 Å². The molecule has 0 radical (unpaired) electrons. The van der Waals surface area contributed by atoms with Crippen LogP contribution in [0.4, 0.5) is 0 Å². The van der Waals surface area contributed by atoms with Crippen LogP contribution < -0.4 is 9.46 Å². The summed E-state index contributed by atoms with van der Waals surface area (Å²) in [6.07, 6.45) is 0. The highest BCUT2D eigenvalue weighted by Gasteiger charge is 2.16. The molecule has 0 amide bonds. The summed E-state index contributed by atoms with van der Waals surface area (Å²) < 4.78 is 57.3. The lowest BCUT2D eigenvalue weighted by Gasteiger charge is -2.12. The van der Waals surface area contributed by atoms with Crippen LogP contribution in [0.1, 0.15) is 11.1 Å². The third-order valence-corrected chi connectivity index (χ3v) is 6.92. The maximum Gasteiger partial charge on any atom is 0.242 e. The van der Waals surface area contributed by atoms with E-state index >= 15 is 0 Å². The van der Waals surface area contributed by atoms with Crippen molar-refractivity contribution in [1.82, 2.24) is 9.03 Å². The van der Waals surface area contributed by atoms with E-state index in [4.69, 9.17) is 4.74 Å². The number of nitrogens with one attached hydrogen (secondary N) is 1. The van der Waals surface area contributed by atoms with Crippen molar-refractivity contribution in [2.75, 3.05) is 27.2 Å². The Kier molecular flexibility index (Phi) is 6.99. The van der Waals surface area contributed by atoms with Crippen LogP contribution in [0.25, 0.3) is 0 Å². The average molecular weight is 413 g/mol. The summed E-state index contributed by atoms with van der Waals surface area (Å²) in [6.45, 7) is 2.16. The van der Waals surface area contributed by atoms with Crippen LogP contribution in [0.5, 0.6) is 5.75 Å². The molecule has 2 aromatic carbocycles. The van der Waals surface area contributed by atoms with Gasteiger partial charge >= 0.3 is 0 Å². The Bertz CT molecular complexity index is 969. The number of benzene rings is 2. The Morgan fingerprint density at radius 2 is 1.67 bits per heavy atom. The Labute approximate surface area is 161 Å². The lowest BCUT2D eigenvalue weighted by atomic mass is 10.2. The molecule has 0 bridgehead atoms. The highest BCUT2D eigenvalue weighted by Crippen LogP contribution is 2.18. The van der Waals surface area contributed by atoms with Crippen molar-refractivity contribution in [3.8, 4) is 5.75 Å². The predicted molar refractivity (Wildman–Crippen MR) is 105 cm³/mol. The molecule has 2 aromatic rings. The number of sulfonamides is 2. The van der Waals surface area contributed by atoms with E-state index in [9.17, 15) is 16.8 Å². The molecule has 148 valence electrons. The normalized spacial score (nSPS) is 12.3. The quantitative estimate of drug-likeness (QED) is 0.634. The number of hydrogen-bond donors (Lipinski definition) is 1. The maximum absolute atomic E-state index is 12.1. The zero-order valence-electron chi connectivity index (χ0n) is 15.5. The molecule has 0 heterocycles. The molecule has 2 rings (SSSR count). The van der Waals surface area contributed by atoms with Crippen molar-refractivity contribution in [2.24, 2.45) is 0 Å². The number of rotatable bonds is 9. The number of ether oxygens (including phenoxy) is 1. The van der Waals surface area contributed by atoms with Gasteiger partial charge in [-0.3, -0.25) is 0 Å². The summed E-state index contributed by atoms with van der Waals surface area (Å²) in [5.41, 5.74) is 1.73. The van der Waals surface area contributed by atoms with Crippen molar-refractivity contribution in [3.63, 3.8) is 0 Å². The molecule has 0 aromatic heterocycles. The van der Waals surface area contributed by atoms with E-state index in [1.807, 2.05) is 25.1 Å². The average Bonchev–Trinajstić information content (AvgIpc) is 2.58. The molecule has 7 nitrogen and oxygen atoms in total. The number of nitrogens with zero attached hydrogens (tertiary/aromatic N) is 1. The van der Waals surface area contributed by atoms with Gasteiger partial charge in [-0.2, -0.15) is 0 Å². The van der Waals surface area contributed by atoms with Crippen molar-refractivity contribution in [1.29, 1.82) is 0 Å². The zero-order valence-corrected chi connectivity index (χ0v) is 17.2. The summed E-state index contributed by atoms with van der Waals surface area (Å²) in [6, 6.07) is 13.3. The minimum atomic E-state index is -3.48. The van der Waals surface area contributed by atoms with Crippen LogP contribution in [-0.4, -0.2) is 48.4 Å². The predicted octanol–water partition coefficient (Wildman–Crippen LogP) is 1.74. The first-order valence-corrected chi connectivity index (χ1v) is 11.4.